The van der Waals surface area contributed by atoms with Crippen LogP contribution in [0.25, 0.3) is 5.69 Å². The van der Waals surface area contributed by atoms with Gasteiger partial charge in [0.2, 0.25) is 0 Å². The SMILES string of the molecule is Cc1cc(-n2ccnn2)cc(N)n1. The third kappa shape index (κ3) is 1.48. The molecule has 2 heterocycles. The monoisotopic (exact) mass is 175 g/mol. The molecule has 0 radical (unpaired) electrons. The molecule has 0 aliphatic rings. The maximum atomic E-state index is 5.59. The van der Waals surface area contributed by atoms with Crippen LogP contribution < -0.4 is 5.73 Å². The molecule has 2 aromatic rings. The Labute approximate surface area is 75.2 Å². The number of hydrogen-bond acceptors (Lipinski definition) is 4. The van der Waals surface area contributed by atoms with Crippen LogP contribution in [-0.2, 0) is 0 Å². The summed E-state index contributed by atoms with van der Waals surface area (Å²) >= 11 is 0. The first-order chi connectivity index (χ1) is 6.25. The largest absolute Gasteiger partial charge is 0.384 e. The van der Waals surface area contributed by atoms with Crippen molar-refractivity contribution in [2.24, 2.45) is 0 Å². The number of aryl methyl sites for hydroxylation is 1. The summed E-state index contributed by atoms with van der Waals surface area (Å²) in [6.45, 7) is 1.89. The Hall–Kier alpha value is -1.91. The summed E-state index contributed by atoms with van der Waals surface area (Å²) in [5.41, 5.74) is 7.34. The molecule has 2 N–H and O–H groups in total. The van der Waals surface area contributed by atoms with E-state index in [0.717, 1.165) is 11.4 Å². The fourth-order valence-electron chi connectivity index (χ4n) is 1.15. The van der Waals surface area contributed by atoms with Gasteiger partial charge in [0.1, 0.15) is 5.82 Å². The average Bonchev–Trinajstić information content (AvgIpc) is 2.53. The lowest BCUT2D eigenvalue weighted by Gasteiger charge is -2.02. The first kappa shape index (κ1) is 7.72. The summed E-state index contributed by atoms with van der Waals surface area (Å²) in [6, 6.07) is 3.65. The summed E-state index contributed by atoms with van der Waals surface area (Å²) < 4.78 is 1.64. The minimum Gasteiger partial charge on any atom is -0.384 e. The van der Waals surface area contributed by atoms with Gasteiger partial charge < -0.3 is 5.73 Å². The molecule has 0 fully saturated rings. The Balaban J connectivity index is 2.53. The summed E-state index contributed by atoms with van der Waals surface area (Å²) in [5, 5.41) is 7.56. The lowest BCUT2D eigenvalue weighted by Crippen LogP contribution is -1.99. The number of anilines is 1. The van der Waals surface area contributed by atoms with Gasteiger partial charge in [-0.25, -0.2) is 9.67 Å². The van der Waals surface area contributed by atoms with Crippen molar-refractivity contribution in [2.45, 2.75) is 6.92 Å². The summed E-state index contributed by atoms with van der Waals surface area (Å²) in [7, 11) is 0. The van der Waals surface area contributed by atoms with Crippen LogP contribution in [0.2, 0.25) is 0 Å². The van der Waals surface area contributed by atoms with Crippen LogP contribution in [0.5, 0.6) is 0 Å². The molecule has 0 atom stereocenters. The van der Waals surface area contributed by atoms with Crippen LogP contribution in [0.15, 0.2) is 24.5 Å². The smallest absolute Gasteiger partial charge is 0.125 e. The number of hydrogen-bond donors (Lipinski definition) is 1. The molecule has 13 heavy (non-hydrogen) atoms. The van der Waals surface area contributed by atoms with Crippen LogP contribution in [0, 0.1) is 6.92 Å². The third-order valence-corrected chi connectivity index (χ3v) is 1.65. The lowest BCUT2D eigenvalue weighted by atomic mass is 10.3. The zero-order valence-corrected chi connectivity index (χ0v) is 7.18. The van der Waals surface area contributed by atoms with E-state index < -0.39 is 0 Å². The van der Waals surface area contributed by atoms with Gasteiger partial charge in [-0.05, 0) is 13.0 Å². The van der Waals surface area contributed by atoms with Gasteiger partial charge in [-0.3, -0.25) is 0 Å². The minimum atomic E-state index is 0.491. The highest BCUT2D eigenvalue weighted by Crippen LogP contribution is 2.10. The van der Waals surface area contributed by atoms with E-state index in [1.54, 1.807) is 23.1 Å². The molecule has 0 aromatic carbocycles. The molecule has 2 aromatic heterocycles. The number of pyridine rings is 1. The van der Waals surface area contributed by atoms with Crippen molar-refractivity contribution >= 4 is 5.82 Å². The van der Waals surface area contributed by atoms with Gasteiger partial charge in [0.15, 0.2) is 0 Å². The fraction of sp³-hybridized carbons (Fsp3) is 0.125. The standard InChI is InChI=1S/C8H9N5/c1-6-4-7(5-8(9)11-6)13-3-2-10-12-13/h2-5H,1H3,(H2,9,11). The van der Waals surface area contributed by atoms with Crippen molar-refractivity contribution in [2.75, 3.05) is 5.73 Å². The normalized spacial score (nSPS) is 10.2. The molecule has 66 valence electrons. The Bertz CT molecular complexity index is 386. The zero-order chi connectivity index (χ0) is 9.26. The summed E-state index contributed by atoms with van der Waals surface area (Å²) in [6.07, 6.45) is 3.38. The second kappa shape index (κ2) is 2.85. The third-order valence-electron chi connectivity index (χ3n) is 1.65. The Morgan fingerprint density at radius 1 is 1.38 bits per heavy atom. The topological polar surface area (TPSA) is 69.6 Å². The van der Waals surface area contributed by atoms with E-state index in [0.29, 0.717) is 5.82 Å². The van der Waals surface area contributed by atoms with Crippen molar-refractivity contribution in [1.82, 2.24) is 20.0 Å². The molecule has 0 saturated carbocycles. The molecule has 0 spiro atoms. The van der Waals surface area contributed by atoms with E-state index in [4.69, 9.17) is 5.73 Å². The second-order valence-corrected chi connectivity index (χ2v) is 2.74. The van der Waals surface area contributed by atoms with Gasteiger partial charge in [0.25, 0.3) is 0 Å². The first-order valence-electron chi connectivity index (χ1n) is 3.86. The summed E-state index contributed by atoms with van der Waals surface area (Å²) in [5.74, 6) is 0.491. The number of nitrogens with zero attached hydrogens (tertiary/aromatic N) is 4. The van der Waals surface area contributed by atoms with Crippen molar-refractivity contribution in [3.05, 3.63) is 30.2 Å². The van der Waals surface area contributed by atoms with Crippen molar-refractivity contribution in [1.29, 1.82) is 0 Å². The van der Waals surface area contributed by atoms with Crippen LogP contribution in [0.3, 0.4) is 0 Å². The molecular formula is C8H9N5. The van der Waals surface area contributed by atoms with Gasteiger partial charge in [0, 0.05) is 11.8 Å². The van der Waals surface area contributed by atoms with Crippen LogP contribution in [0.4, 0.5) is 5.82 Å². The number of aromatic nitrogens is 4. The molecule has 2 rings (SSSR count). The van der Waals surface area contributed by atoms with Crippen molar-refractivity contribution in [3.63, 3.8) is 0 Å². The Morgan fingerprint density at radius 2 is 2.23 bits per heavy atom. The molecule has 0 unspecified atom stereocenters. The molecule has 0 saturated heterocycles. The van der Waals surface area contributed by atoms with Gasteiger partial charge in [-0.15, -0.1) is 5.10 Å². The highest BCUT2D eigenvalue weighted by Gasteiger charge is 1.99. The molecule has 5 heteroatoms. The molecule has 0 bridgehead atoms. The fourth-order valence-corrected chi connectivity index (χ4v) is 1.15. The quantitative estimate of drug-likeness (QED) is 0.687. The van der Waals surface area contributed by atoms with Crippen LogP contribution >= 0.6 is 0 Å². The van der Waals surface area contributed by atoms with Gasteiger partial charge in [0.05, 0.1) is 18.1 Å². The summed E-state index contributed by atoms with van der Waals surface area (Å²) in [4.78, 5) is 4.06. The molecule has 0 aliphatic carbocycles. The number of nitrogens with two attached hydrogens (primary N) is 1. The van der Waals surface area contributed by atoms with E-state index in [2.05, 4.69) is 15.3 Å². The van der Waals surface area contributed by atoms with Gasteiger partial charge >= 0.3 is 0 Å². The van der Waals surface area contributed by atoms with Gasteiger partial charge in [-0.1, -0.05) is 5.21 Å². The molecule has 5 nitrogen and oxygen atoms in total. The van der Waals surface area contributed by atoms with E-state index in [-0.39, 0.29) is 0 Å². The minimum absolute atomic E-state index is 0.491. The number of rotatable bonds is 1. The average molecular weight is 175 g/mol. The zero-order valence-electron chi connectivity index (χ0n) is 7.18. The van der Waals surface area contributed by atoms with E-state index >= 15 is 0 Å². The highest BCUT2D eigenvalue weighted by molar-refractivity contribution is 5.42. The maximum absolute atomic E-state index is 5.59. The highest BCUT2D eigenvalue weighted by atomic mass is 15.4. The maximum Gasteiger partial charge on any atom is 0.125 e. The predicted octanol–water partition coefficient (Wildman–Crippen LogP) is 0.553. The lowest BCUT2D eigenvalue weighted by molar-refractivity contribution is 0.801. The number of nitrogen functional groups attached to an aromatic ring is 1. The van der Waals surface area contributed by atoms with Crippen molar-refractivity contribution < 1.29 is 0 Å². The van der Waals surface area contributed by atoms with Gasteiger partial charge in [-0.2, -0.15) is 0 Å². The molecule has 0 amide bonds. The second-order valence-electron chi connectivity index (χ2n) is 2.74. The van der Waals surface area contributed by atoms with Crippen LogP contribution in [0.1, 0.15) is 5.69 Å². The van der Waals surface area contributed by atoms with E-state index in [9.17, 15) is 0 Å². The molecular weight excluding hydrogens is 166 g/mol. The van der Waals surface area contributed by atoms with E-state index in [1.165, 1.54) is 0 Å². The predicted molar refractivity (Wildman–Crippen MR) is 48.3 cm³/mol. The molecule has 0 aliphatic heterocycles. The Morgan fingerprint density at radius 3 is 2.85 bits per heavy atom. The Kier molecular flexibility index (Phi) is 1.70. The first-order valence-corrected chi connectivity index (χ1v) is 3.86. The van der Waals surface area contributed by atoms with Crippen LogP contribution in [-0.4, -0.2) is 20.0 Å². The van der Waals surface area contributed by atoms with Crippen molar-refractivity contribution in [3.8, 4) is 5.69 Å². The van der Waals surface area contributed by atoms with E-state index in [1.807, 2.05) is 13.0 Å².